The summed E-state index contributed by atoms with van der Waals surface area (Å²) in [5, 5.41) is 0. The van der Waals surface area contributed by atoms with Crippen LogP contribution in [0.2, 0.25) is 0 Å². The van der Waals surface area contributed by atoms with Gasteiger partial charge in [0.15, 0.2) is 0 Å². The average Bonchev–Trinajstić information content (AvgIpc) is 2.41. The number of nitrogens with two attached hydrogens (primary N) is 1. The Hall–Kier alpha value is -0.410. The van der Waals surface area contributed by atoms with Gasteiger partial charge in [-0.3, -0.25) is 0 Å². The minimum Gasteiger partial charge on any atom is -0.495 e. The van der Waals surface area contributed by atoms with Gasteiger partial charge in [0.1, 0.15) is 16.5 Å². The van der Waals surface area contributed by atoms with Crippen molar-refractivity contribution in [1.29, 1.82) is 0 Å². The molecule has 9 heteroatoms. The lowest BCUT2D eigenvalue weighted by Gasteiger charge is -2.29. The molecule has 0 unspecified atom stereocenters. The van der Waals surface area contributed by atoms with Crippen molar-refractivity contribution in [2.75, 3.05) is 20.2 Å². The summed E-state index contributed by atoms with van der Waals surface area (Å²) in [6.45, 7) is 0.675. The number of rotatable bonds is 3. The van der Waals surface area contributed by atoms with Crippen LogP contribution in [0.3, 0.4) is 0 Å². The van der Waals surface area contributed by atoms with Crippen molar-refractivity contribution >= 4 is 38.4 Å². The molecule has 2 rings (SSSR count). The van der Waals surface area contributed by atoms with E-state index in [1.54, 1.807) is 0 Å². The monoisotopic (exact) mass is 402 g/mol. The van der Waals surface area contributed by atoms with E-state index in [0.717, 1.165) is 6.07 Å². The van der Waals surface area contributed by atoms with Crippen LogP contribution in [-0.4, -0.2) is 39.0 Å². The summed E-state index contributed by atoms with van der Waals surface area (Å²) in [5.74, 6) is -0.522. The normalized spacial score (nSPS) is 17.3. The fourth-order valence-corrected chi connectivity index (χ4v) is 4.07. The maximum Gasteiger partial charge on any atom is 0.246 e. The van der Waals surface area contributed by atoms with Crippen LogP contribution >= 0.6 is 28.3 Å². The van der Waals surface area contributed by atoms with Gasteiger partial charge >= 0.3 is 0 Å². The Morgan fingerprint density at radius 1 is 1.38 bits per heavy atom. The molecule has 0 aliphatic carbocycles. The molecule has 1 aromatic rings. The molecule has 0 saturated carbocycles. The van der Waals surface area contributed by atoms with Crippen molar-refractivity contribution in [1.82, 2.24) is 4.31 Å². The number of methoxy groups -OCH3 is 1. The number of piperidine rings is 1. The van der Waals surface area contributed by atoms with Gasteiger partial charge in [-0.1, -0.05) is 0 Å². The third kappa shape index (κ3) is 3.87. The molecule has 0 bridgehead atoms. The first-order chi connectivity index (χ1) is 9.36. The van der Waals surface area contributed by atoms with E-state index in [1.165, 1.54) is 17.5 Å². The molecule has 0 amide bonds. The molecular weight excluding hydrogens is 387 g/mol. The third-order valence-electron chi connectivity index (χ3n) is 3.32. The zero-order valence-corrected chi connectivity index (χ0v) is 14.6. The summed E-state index contributed by atoms with van der Waals surface area (Å²) < 4.78 is 45.3. The Bertz CT molecular complexity index is 607. The number of nitrogens with zero attached hydrogens (tertiary/aromatic N) is 1. The Morgan fingerprint density at radius 2 is 1.95 bits per heavy atom. The summed E-state index contributed by atoms with van der Waals surface area (Å²) in [7, 11) is -2.42. The fourth-order valence-electron chi connectivity index (χ4n) is 2.13. The minimum atomic E-state index is -3.78. The van der Waals surface area contributed by atoms with E-state index in [2.05, 4.69) is 15.9 Å². The van der Waals surface area contributed by atoms with Gasteiger partial charge in [-0.05, 0) is 40.9 Å². The van der Waals surface area contributed by atoms with Crippen molar-refractivity contribution in [2.45, 2.75) is 23.8 Å². The van der Waals surface area contributed by atoms with Crippen LogP contribution in [0.25, 0.3) is 0 Å². The van der Waals surface area contributed by atoms with E-state index in [-0.39, 0.29) is 33.6 Å². The first kappa shape index (κ1) is 18.6. The SMILES string of the molecule is COc1cc(Br)c(F)cc1S(=O)(=O)N1CCC(N)CC1.Cl. The molecule has 0 radical (unpaired) electrons. The van der Waals surface area contributed by atoms with E-state index in [4.69, 9.17) is 10.5 Å². The second-order valence-corrected chi connectivity index (χ2v) is 7.42. The summed E-state index contributed by atoms with van der Waals surface area (Å²) in [6, 6.07) is 2.31. The highest BCUT2D eigenvalue weighted by molar-refractivity contribution is 9.10. The molecule has 1 heterocycles. The molecule has 1 aromatic carbocycles. The van der Waals surface area contributed by atoms with Crippen molar-refractivity contribution < 1.29 is 17.5 Å². The lowest BCUT2D eigenvalue weighted by Crippen LogP contribution is -2.42. The second-order valence-electron chi connectivity index (χ2n) is 4.66. The van der Waals surface area contributed by atoms with Crippen LogP contribution in [0.5, 0.6) is 5.75 Å². The molecule has 0 spiro atoms. The van der Waals surface area contributed by atoms with Crippen LogP contribution in [-0.2, 0) is 10.0 Å². The third-order valence-corrected chi connectivity index (χ3v) is 5.85. The standard InChI is InChI=1S/C12H16BrFN2O3S.ClH/c1-19-11-6-9(13)10(14)7-12(11)20(17,18)16-4-2-8(15)3-5-16;/h6-8H,2-5,15H2,1H3;1H. The summed E-state index contributed by atoms with van der Waals surface area (Å²) >= 11 is 3.01. The van der Waals surface area contributed by atoms with Crippen LogP contribution in [0.1, 0.15) is 12.8 Å². The number of hydrogen-bond donors (Lipinski definition) is 1. The van der Waals surface area contributed by atoms with Crippen LogP contribution in [0.15, 0.2) is 21.5 Å². The number of hydrogen-bond acceptors (Lipinski definition) is 4. The Balaban J connectivity index is 0.00000220. The number of halogens is 3. The molecule has 1 aliphatic rings. The van der Waals surface area contributed by atoms with E-state index in [9.17, 15) is 12.8 Å². The molecule has 1 fully saturated rings. The number of benzene rings is 1. The fraction of sp³-hybridized carbons (Fsp3) is 0.500. The lowest BCUT2D eigenvalue weighted by molar-refractivity contribution is 0.317. The highest BCUT2D eigenvalue weighted by atomic mass is 79.9. The molecule has 2 N–H and O–H groups in total. The topological polar surface area (TPSA) is 72.6 Å². The number of ether oxygens (including phenoxy) is 1. The average molecular weight is 404 g/mol. The smallest absolute Gasteiger partial charge is 0.246 e. The van der Waals surface area contributed by atoms with Gasteiger partial charge in [0.05, 0.1) is 11.6 Å². The van der Waals surface area contributed by atoms with Gasteiger partial charge in [0.25, 0.3) is 0 Å². The van der Waals surface area contributed by atoms with Crippen molar-refractivity contribution in [2.24, 2.45) is 5.73 Å². The van der Waals surface area contributed by atoms with Gasteiger partial charge in [-0.25, -0.2) is 12.8 Å². The highest BCUT2D eigenvalue weighted by Gasteiger charge is 2.31. The van der Waals surface area contributed by atoms with Crippen LogP contribution in [0.4, 0.5) is 4.39 Å². The quantitative estimate of drug-likeness (QED) is 0.839. The zero-order valence-electron chi connectivity index (χ0n) is 11.4. The molecule has 21 heavy (non-hydrogen) atoms. The Morgan fingerprint density at radius 3 is 2.48 bits per heavy atom. The molecule has 0 aromatic heterocycles. The lowest BCUT2D eigenvalue weighted by atomic mass is 10.1. The van der Waals surface area contributed by atoms with E-state index in [1.807, 2.05) is 0 Å². The zero-order chi connectivity index (χ0) is 14.9. The van der Waals surface area contributed by atoms with E-state index in [0.29, 0.717) is 25.9 Å². The second kappa shape index (κ2) is 7.23. The van der Waals surface area contributed by atoms with Gasteiger partial charge in [-0.2, -0.15) is 4.31 Å². The van der Waals surface area contributed by atoms with Crippen LogP contribution in [0, 0.1) is 5.82 Å². The maximum absolute atomic E-state index is 13.6. The number of sulfonamides is 1. The summed E-state index contributed by atoms with van der Waals surface area (Å²) in [5.41, 5.74) is 5.77. The molecule has 1 aliphatic heterocycles. The first-order valence-corrected chi connectivity index (χ1v) is 8.38. The van der Waals surface area contributed by atoms with Crippen molar-refractivity contribution in [3.8, 4) is 5.75 Å². The Kier molecular flexibility index (Phi) is 6.42. The molecule has 120 valence electrons. The summed E-state index contributed by atoms with van der Waals surface area (Å²) in [4.78, 5) is -0.156. The predicted octanol–water partition coefficient (Wildman–Crippen LogP) is 2.13. The van der Waals surface area contributed by atoms with Crippen molar-refractivity contribution in [3.63, 3.8) is 0 Å². The molecule has 0 atom stereocenters. The van der Waals surface area contributed by atoms with E-state index >= 15 is 0 Å². The van der Waals surface area contributed by atoms with Gasteiger partial charge < -0.3 is 10.5 Å². The summed E-state index contributed by atoms with van der Waals surface area (Å²) in [6.07, 6.45) is 1.20. The largest absolute Gasteiger partial charge is 0.495 e. The van der Waals surface area contributed by atoms with E-state index < -0.39 is 15.8 Å². The molecule has 5 nitrogen and oxygen atoms in total. The molecule has 1 saturated heterocycles. The predicted molar refractivity (Wildman–Crippen MR) is 83.9 cm³/mol. The first-order valence-electron chi connectivity index (χ1n) is 6.15. The Labute approximate surface area is 138 Å². The maximum atomic E-state index is 13.6. The van der Waals surface area contributed by atoms with Crippen LogP contribution < -0.4 is 10.5 Å². The van der Waals surface area contributed by atoms with Gasteiger partial charge in [0, 0.05) is 19.1 Å². The minimum absolute atomic E-state index is 0. The molecular formula is C12H17BrClFN2O3S. The van der Waals surface area contributed by atoms with Gasteiger partial charge in [0.2, 0.25) is 10.0 Å². The highest BCUT2D eigenvalue weighted by Crippen LogP contribution is 2.32. The van der Waals surface area contributed by atoms with Gasteiger partial charge in [-0.15, -0.1) is 12.4 Å². The van der Waals surface area contributed by atoms with Crippen molar-refractivity contribution in [3.05, 3.63) is 22.4 Å².